The van der Waals surface area contributed by atoms with Crippen molar-refractivity contribution in [2.75, 3.05) is 27.3 Å². The predicted octanol–water partition coefficient (Wildman–Crippen LogP) is 2.91. The number of aliphatic hydroxyl groups is 1. The van der Waals surface area contributed by atoms with Crippen LogP contribution in [0.5, 0.6) is 11.5 Å². The molecule has 0 saturated heterocycles. The summed E-state index contributed by atoms with van der Waals surface area (Å²) in [6, 6.07) is 5.47. The third kappa shape index (κ3) is 5.39. The SMILES string of the molecule is CCCCCCNCC(O)c1cc(OC)ccc1OC. The molecule has 0 aliphatic carbocycles. The minimum absolute atomic E-state index is 0.523. The highest BCUT2D eigenvalue weighted by Crippen LogP contribution is 2.28. The van der Waals surface area contributed by atoms with Crippen molar-refractivity contribution < 1.29 is 14.6 Å². The van der Waals surface area contributed by atoms with Crippen molar-refractivity contribution in [2.24, 2.45) is 0 Å². The number of nitrogens with one attached hydrogen (secondary N) is 1. The molecule has 0 heterocycles. The van der Waals surface area contributed by atoms with E-state index in [4.69, 9.17) is 9.47 Å². The largest absolute Gasteiger partial charge is 0.497 e. The number of rotatable bonds is 10. The molecule has 0 fully saturated rings. The van der Waals surface area contributed by atoms with Crippen molar-refractivity contribution in [3.05, 3.63) is 23.8 Å². The van der Waals surface area contributed by atoms with Gasteiger partial charge in [0.15, 0.2) is 0 Å². The molecule has 0 radical (unpaired) electrons. The van der Waals surface area contributed by atoms with Crippen LogP contribution < -0.4 is 14.8 Å². The summed E-state index contributed by atoms with van der Waals surface area (Å²) in [5.74, 6) is 1.41. The maximum absolute atomic E-state index is 10.3. The van der Waals surface area contributed by atoms with Crippen LogP contribution in [0.3, 0.4) is 0 Å². The second-order valence-corrected chi connectivity index (χ2v) is 4.89. The van der Waals surface area contributed by atoms with E-state index in [-0.39, 0.29) is 0 Å². The summed E-state index contributed by atoms with van der Waals surface area (Å²) < 4.78 is 10.5. The van der Waals surface area contributed by atoms with Gasteiger partial charge in [0.05, 0.1) is 20.3 Å². The number of hydrogen-bond acceptors (Lipinski definition) is 4. The predicted molar refractivity (Wildman–Crippen MR) is 81.5 cm³/mol. The van der Waals surface area contributed by atoms with E-state index in [0.29, 0.717) is 12.3 Å². The molecule has 20 heavy (non-hydrogen) atoms. The molecule has 0 aliphatic rings. The first kappa shape index (κ1) is 16.8. The molecule has 0 saturated carbocycles. The van der Waals surface area contributed by atoms with Gasteiger partial charge in [0.2, 0.25) is 0 Å². The molecule has 0 bridgehead atoms. The summed E-state index contributed by atoms with van der Waals surface area (Å²) in [7, 11) is 3.22. The lowest BCUT2D eigenvalue weighted by atomic mass is 10.1. The molecule has 0 spiro atoms. The zero-order valence-electron chi connectivity index (χ0n) is 12.8. The van der Waals surface area contributed by atoms with Crippen LogP contribution in [0.15, 0.2) is 18.2 Å². The highest BCUT2D eigenvalue weighted by Gasteiger charge is 2.14. The third-order valence-electron chi connectivity index (χ3n) is 3.34. The topological polar surface area (TPSA) is 50.7 Å². The van der Waals surface area contributed by atoms with Gasteiger partial charge in [-0.25, -0.2) is 0 Å². The average Bonchev–Trinajstić information content (AvgIpc) is 2.49. The summed E-state index contributed by atoms with van der Waals surface area (Å²) in [6.45, 7) is 3.66. The van der Waals surface area contributed by atoms with Gasteiger partial charge in [0.1, 0.15) is 11.5 Å². The summed E-state index contributed by atoms with van der Waals surface area (Å²) in [5.41, 5.74) is 0.757. The number of methoxy groups -OCH3 is 2. The second-order valence-electron chi connectivity index (χ2n) is 4.89. The molecule has 114 valence electrons. The Morgan fingerprint density at radius 3 is 2.60 bits per heavy atom. The van der Waals surface area contributed by atoms with Crippen molar-refractivity contribution in [3.8, 4) is 11.5 Å². The Labute approximate surface area is 122 Å². The number of hydrogen-bond donors (Lipinski definition) is 2. The fourth-order valence-corrected chi connectivity index (χ4v) is 2.13. The first-order valence-electron chi connectivity index (χ1n) is 7.33. The molecule has 0 amide bonds. The van der Waals surface area contributed by atoms with Crippen molar-refractivity contribution in [1.29, 1.82) is 0 Å². The van der Waals surface area contributed by atoms with Gasteiger partial charge in [-0.3, -0.25) is 0 Å². The second kappa shape index (κ2) is 9.61. The molecule has 1 aromatic carbocycles. The Kier molecular flexibility index (Phi) is 8.07. The standard InChI is InChI=1S/C16H27NO3/c1-4-5-6-7-10-17-12-15(18)14-11-13(19-2)8-9-16(14)20-3/h8-9,11,15,17-18H,4-7,10,12H2,1-3H3. The lowest BCUT2D eigenvalue weighted by Gasteiger charge is -2.16. The van der Waals surface area contributed by atoms with Gasteiger partial charge >= 0.3 is 0 Å². The highest BCUT2D eigenvalue weighted by atomic mass is 16.5. The van der Waals surface area contributed by atoms with Crippen LogP contribution in [0.2, 0.25) is 0 Å². The molecule has 0 aliphatic heterocycles. The zero-order valence-corrected chi connectivity index (χ0v) is 12.8. The summed E-state index contributed by atoms with van der Waals surface area (Å²) in [4.78, 5) is 0. The number of aliphatic hydroxyl groups excluding tert-OH is 1. The van der Waals surface area contributed by atoms with Gasteiger partial charge in [0.25, 0.3) is 0 Å². The number of unbranched alkanes of at least 4 members (excludes halogenated alkanes) is 3. The monoisotopic (exact) mass is 281 g/mol. The minimum Gasteiger partial charge on any atom is -0.497 e. The molecule has 4 heteroatoms. The van der Waals surface area contributed by atoms with E-state index in [1.165, 1.54) is 19.3 Å². The Balaban J connectivity index is 2.47. The van der Waals surface area contributed by atoms with E-state index in [1.807, 2.05) is 18.2 Å². The van der Waals surface area contributed by atoms with E-state index in [0.717, 1.165) is 24.3 Å². The third-order valence-corrected chi connectivity index (χ3v) is 3.34. The minimum atomic E-state index is -0.591. The van der Waals surface area contributed by atoms with E-state index in [2.05, 4.69) is 12.2 Å². The summed E-state index contributed by atoms with van der Waals surface area (Å²) >= 11 is 0. The maximum Gasteiger partial charge on any atom is 0.124 e. The fourth-order valence-electron chi connectivity index (χ4n) is 2.13. The molecule has 1 unspecified atom stereocenters. The van der Waals surface area contributed by atoms with Gasteiger partial charge < -0.3 is 19.9 Å². The van der Waals surface area contributed by atoms with Crippen molar-refractivity contribution in [2.45, 2.75) is 38.7 Å². The van der Waals surface area contributed by atoms with E-state index in [9.17, 15) is 5.11 Å². The smallest absolute Gasteiger partial charge is 0.124 e. The lowest BCUT2D eigenvalue weighted by Crippen LogP contribution is -2.22. The van der Waals surface area contributed by atoms with Crippen LogP contribution in [0, 0.1) is 0 Å². The number of benzene rings is 1. The first-order chi connectivity index (χ1) is 9.72. The van der Waals surface area contributed by atoms with Crippen molar-refractivity contribution in [3.63, 3.8) is 0 Å². The lowest BCUT2D eigenvalue weighted by molar-refractivity contribution is 0.170. The molecule has 4 nitrogen and oxygen atoms in total. The van der Waals surface area contributed by atoms with Crippen LogP contribution in [0.25, 0.3) is 0 Å². The van der Waals surface area contributed by atoms with Gasteiger partial charge in [-0.15, -0.1) is 0 Å². The van der Waals surface area contributed by atoms with Crippen LogP contribution in [-0.4, -0.2) is 32.4 Å². The molecule has 1 atom stereocenters. The van der Waals surface area contributed by atoms with Crippen LogP contribution in [0.1, 0.15) is 44.3 Å². The molecule has 0 aromatic heterocycles. The molecule has 2 N–H and O–H groups in total. The van der Waals surface area contributed by atoms with Crippen LogP contribution in [0.4, 0.5) is 0 Å². The van der Waals surface area contributed by atoms with Gasteiger partial charge in [0, 0.05) is 12.1 Å². The van der Waals surface area contributed by atoms with E-state index in [1.54, 1.807) is 14.2 Å². The Morgan fingerprint density at radius 1 is 1.15 bits per heavy atom. The molecular formula is C16H27NO3. The van der Waals surface area contributed by atoms with Crippen LogP contribution in [-0.2, 0) is 0 Å². The summed E-state index contributed by atoms with van der Waals surface area (Å²) in [6.07, 6.45) is 4.31. The fraction of sp³-hybridized carbons (Fsp3) is 0.625. The Hall–Kier alpha value is -1.26. The van der Waals surface area contributed by atoms with Gasteiger partial charge in [-0.05, 0) is 31.2 Å². The number of ether oxygens (including phenoxy) is 2. The zero-order chi connectivity index (χ0) is 14.8. The van der Waals surface area contributed by atoms with Crippen molar-refractivity contribution in [1.82, 2.24) is 5.32 Å². The average molecular weight is 281 g/mol. The van der Waals surface area contributed by atoms with Gasteiger partial charge in [-0.2, -0.15) is 0 Å². The summed E-state index contributed by atoms with van der Waals surface area (Å²) in [5, 5.41) is 13.5. The van der Waals surface area contributed by atoms with E-state index < -0.39 is 6.10 Å². The van der Waals surface area contributed by atoms with Crippen molar-refractivity contribution >= 4 is 0 Å². The van der Waals surface area contributed by atoms with Gasteiger partial charge in [-0.1, -0.05) is 26.2 Å². The Morgan fingerprint density at radius 2 is 1.95 bits per heavy atom. The first-order valence-corrected chi connectivity index (χ1v) is 7.33. The molecule has 1 rings (SSSR count). The van der Waals surface area contributed by atoms with Crippen LogP contribution >= 0.6 is 0 Å². The Bertz CT molecular complexity index is 382. The maximum atomic E-state index is 10.3. The molecular weight excluding hydrogens is 254 g/mol. The quantitative estimate of drug-likeness (QED) is 0.647. The normalized spacial score (nSPS) is 12.2. The highest BCUT2D eigenvalue weighted by molar-refractivity contribution is 5.41. The van der Waals surface area contributed by atoms with E-state index >= 15 is 0 Å². The molecule has 1 aromatic rings.